The van der Waals surface area contributed by atoms with Gasteiger partial charge in [-0.15, -0.1) is 0 Å². The van der Waals surface area contributed by atoms with Crippen LogP contribution in [0.2, 0.25) is 0 Å². The molecule has 2 aromatic rings. The fourth-order valence-electron chi connectivity index (χ4n) is 3.63. The average molecular weight is 369 g/mol. The van der Waals surface area contributed by atoms with Crippen molar-refractivity contribution in [3.63, 3.8) is 0 Å². The average Bonchev–Trinajstić information content (AvgIpc) is 2.96. The van der Waals surface area contributed by atoms with Gasteiger partial charge in [-0.3, -0.25) is 4.79 Å². The summed E-state index contributed by atoms with van der Waals surface area (Å²) in [5, 5.41) is 4.73. The molecule has 1 atom stereocenters. The Morgan fingerprint density at radius 3 is 2.78 bits per heavy atom. The van der Waals surface area contributed by atoms with E-state index in [-0.39, 0.29) is 11.9 Å². The lowest BCUT2D eigenvalue weighted by molar-refractivity contribution is -0.134. The number of methoxy groups -OCH3 is 1. The molecule has 1 unspecified atom stereocenters. The van der Waals surface area contributed by atoms with Gasteiger partial charge in [0.1, 0.15) is 0 Å². The molecule has 0 saturated carbocycles. The number of benzene rings is 1. The van der Waals surface area contributed by atoms with Crippen LogP contribution in [0.4, 0.5) is 0 Å². The van der Waals surface area contributed by atoms with Gasteiger partial charge in [0.25, 0.3) is 0 Å². The molecular formula is C21H27N3O3. The van der Waals surface area contributed by atoms with E-state index in [1.807, 2.05) is 60.7 Å². The third-order valence-corrected chi connectivity index (χ3v) is 4.83. The summed E-state index contributed by atoms with van der Waals surface area (Å²) in [4.78, 5) is 14.8. The summed E-state index contributed by atoms with van der Waals surface area (Å²) in [5.41, 5.74) is 4.92. The second-order valence-electron chi connectivity index (χ2n) is 6.88. The Kier molecular flexibility index (Phi) is 6.08. The summed E-state index contributed by atoms with van der Waals surface area (Å²) in [6, 6.07) is 9.89. The molecular weight excluding hydrogens is 342 g/mol. The quantitative estimate of drug-likeness (QED) is 0.761. The lowest BCUT2D eigenvalue weighted by Crippen LogP contribution is -2.43. The number of hydrogen-bond donors (Lipinski definition) is 0. The summed E-state index contributed by atoms with van der Waals surface area (Å²) in [5.74, 6) is -0.0101. The van der Waals surface area contributed by atoms with E-state index in [0.717, 1.165) is 28.2 Å². The molecule has 27 heavy (non-hydrogen) atoms. The molecule has 1 fully saturated rings. The summed E-state index contributed by atoms with van der Waals surface area (Å²) in [7, 11) is 1.63. The molecule has 0 N–H and O–H groups in total. The van der Waals surface area contributed by atoms with Crippen molar-refractivity contribution in [1.29, 1.82) is 0 Å². The second kappa shape index (κ2) is 8.50. The number of carbonyl (C=O) groups is 1. The zero-order valence-corrected chi connectivity index (χ0v) is 16.4. The Labute approximate surface area is 160 Å². The lowest BCUT2D eigenvalue weighted by atomic mass is 10.0. The first-order chi connectivity index (χ1) is 13.0. The maximum atomic E-state index is 12.9. The van der Waals surface area contributed by atoms with Crippen molar-refractivity contribution in [2.75, 3.05) is 33.5 Å². The molecule has 3 rings (SSSR count). The molecule has 6 nitrogen and oxygen atoms in total. The van der Waals surface area contributed by atoms with Crippen LogP contribution in [0.25, 0.3) is 5.69 Å². The Bertz CT molecular complexity index is 827. The molecule has 6 heteroatoms. The summed E-state index contributed by atoms with van der Waals surface area (Å²) >= 11 is 0. The van der Waals surface area contributed by atoms with Crippen LogP contribution in [0, 0.1) is 13.8 Å². The van der Waals surface area contributed by atoms with Crippen LogP contribution in [-0.2, 0) is 14.3 Å². The van der Waals surface area contributed by atoms with E-state index in [2.05, 4.69) is 0 Å². The van der Waals surface area contributed by atoms with Gasteiger partial charge in [-0.25, -0.2) is 4.68 Å². The van der Waals surface area contributed by atoms with E-state index in [0.29, 0.717) is 26.4 Å². The van der Waals surface area contributed by atoms with Gasteiger partial charge in [0.2, 0.25) is 5.91 Å². The molecule has 0 aliphatic carbocycles. The molecule has 1 aromatic carbocycles. The molecule has 1 aliphatic heterocycles. The topological polar surface area (TPSA) is 56.6 Å². The third-order valence-electron chi connectivity index (χ3n) is 4.83. The van der Waals surface area contributed by atoms with Gasteiger partial charge in [-0.1, -0.05) is 18.2 Å². The van der Waals surface area contributed by atoms with Crippen molar-refractivity contribution in [2.45, 2.75) is 26.8 Å². The molecule has 2 heterocycles. The van der Waals surface area contributed by atoms with Gasteiger partial charge >= 0.3 is 0 Å². The number of hydrogen-bond acceptors (Lipinski definition) is 4. The first-order valence-corrected chi connectivity index (χ1v) is 9.19. The predicted molar refractivity (Wildman–Crippen MR) is 104 cm³/mol. The highest BCUT2D eigenvalue weighted by Gasteiger charge is 2.32. The minimum absolute atomic E-state index is 0.0101. The molecule has 1 amide bonds. The monoisotopic (exact) mass is 369 g/mol. The highest BCUT2D eigenvalue weighted by Crippen LogP contribution is 2.31. The number of aryl methyl sites for hydroxylation is 1. The van der Waals surface area contributed by atoms with Crippen LogP contribution >= 0.6 is 0 Å². The van der Waals surface area contributed by atoms with Crippen LogP contribution < -0.4 is 0 Å². The predicted octanol–water partition coefficient (Wildman–Crippen LogP) is 2.98. The summed E-state index contributed by atoms with van der Waals surface area (Å²) in [6.07, 6.45) is 1.66. The highest BCUT2D eigenvalue weighted by atomic mass is 16.5. The van der Waals surface area contributed by atoms with Crippen LogP contribution in [-0.4, -0.2) is 54.1 Å². The molecule has 0 spiro atoms. The third kappa shape index (κ3) is 4.12. The number of morpholine rings is 1. The fourth-order valence-corrected chi connectivity index (χ4v) is 3.63. The SMILES string of the molecule is COC/C(C)=C/C(=O)N1CCOCC1c1c(C)nn(-c2ccccc2)c1C. The molecule has 0 radical (unpaired) electrons. The minimum atomic E-state index is -0.143. The lowest BCUT2D eigenvalue weighted by Gasteiger charge is -2.35. The van der Waals surface area contributed by atoms with Gasteiger partial charge in [0.15, 0.2) is 0 Å². The summed E-state index contributed by atoms with van der Waals surface area (Å²) < 4.78 is 12.8. The van der Waals surface area contributed by atoms with Crippen LogP contribution in [0.3, 0.4) is 0 Å². The van der Waals surface area contributed by atoms with E-state index in [1.165, 1.54) is 0 Å². The number of nitrogens with zero attached hydrogens (tertiary/aromatic N) is 3. The van der Waals surface area contributed by atoms with Gasteiger partial charge in [-0.05, 0) is 38.5 Å². The number of ether oxygens (including phenoxy) is 2. The van der Waals surface area contributed by atoms with Crippen molar-refractivity contribution in [3.05, 3.63) is 58.9 Å². The molecule has 1 aliphatic rings. The van der Waals surface area contributed by atoms with Gasteiger partial charge in [0, 0.05) is 31.0 Å². The standard InChI is InChI=1S/C21H27N3O3/c1-15(13-26-4)12-20(25)23-10-11-27-14-19(23)21-16(2)22-24(17(21)3)18-8-6-5-7-9-18/h5-9,12,19H,10-11,13-14H2,1-4H3/b15-12+. The Morgan fingerprint density at radius 1 is 1.33 bits per heavy atom. The molecule has 1 aromatic heterocycles. The Morgan fingerprint density at radius 2 is 2.07 bits per heavy atom. The van der Waals surface area contributed by atoms with E-state index < -0.39 is 0 Å². The number of para-hydroxylation sites is 1. The molecule has 0 bridgehead atoms. The smallest absolute Gasteiger partial charge is 0.247 e. The largest absolute Gasteiger partial charge is 0.380 e. The van der Waals surface area contributed by atoms with E-state index >= 15 is 0 Å². The fraction of sp³-hybridized carbons (Fsp3) is 0.429. The Hall–Kier alpha value is -2.44. The van der Waals surface area contributed by atoms with E-state index in [4.69, 9.17) is 14.6 Å². The van der Waals surface area contributed by atoms with E-state index in [1.54, 1.807) is 13.2 Å². The zero-order valence-electron chi connectivity index (χ0n) is 16.4. The van der Waals surface area contributed by atoms with Crippen LogP contribution in [0.15, 0.2) is 42.0 Å². The minimum Gasteiger partial charge on any atom is -0.380 e. The van der Waals surface area contributed by atoms with Gasteiger partial charge in [0.05, 0.1) is 37.2 Å². The highest BCUT2D eigenvalue weighted by molar-refractivity contribution is 5.88. The van der Waals surface area contributed by atoms with Crippen molar-refractivity contribution in [1.82, 2.24) is 14.7 Å². The molecule has 144 valence electrons. The number of aromatic nitrogens is 2. The second-order valence-corrected chi connectivity index (χ2v) is 6.88. The molecule has 1 saturated heterocycles. The van der Waals surface area contributed by atoms with E-state index in [9.17, 15) is 4.79 Å². The number of amides is 1. The maximum absolute atomic E-state index is 12.9. The zero-order chi connectivity index (χ0) is 19.4. The van der Waals surface area contributed by atoms with Crippen LogP contribution in [0.1, 0.15) is 29.9 Å². The normalized spacial score (nSPS) is 18.0. The van der Waals surface area contributed by atoms with Crippen molar-refractivity contribution >= 4 is 5.91 Å². The first-order valence-electron chi connectivity index (χ1n) is 9.19. The number of carbonyl (C=O) groups excluding carboxylic acids is 1. The summed E-state index contributed by atoms with van der Waals surface area (Å²) in [6.45, 7) is 7.98. The van der Waals surface area contributed by atoms with Crippen LogP contribution in [0.5, 0.6) is 0 Å². The first kappa shape index (κ1) is 19.3. The number of rotatable bonds is 5. The Balaban J connectivity index is 1.95. The maximum Gasteiger partial charge on any atom is 0.247 e. The van der Waals surface area contributed by atoms with Gasteiger partial charge in [-0.2, -0.15) is 5.10 Å². The van der Waals surface area contributed by atoms with Crippen molar-refractivity contribution in [2.24, 2.45) is 0 Å². The van der Waals surface area contributed by atoms with Crippen molar-refractivity contribution < 1.29 is 14.3 Å². The van der Waals surface area contributed by atoms with Crippen molar-refractivity contribution in [3.8, 4) is 5.69 Å². The van der Waals surface area contributed by atoms with Gasteiger partial charge < -0.3 is 14.4 Å².